The van der Waals surface area contributed by atoms with Gasteiger partial charge in [0, 0.05) is 0 Å². The molecular formula is C30H60O. The van der Waals surface area contributed by atoms with Crippen molar-refractivity contribution in [3.63, 3.8) is 0 Å². The van der Waals surface area contributed by atoms with Crippen molar-refractivity contribution in [2.24, 2.45) is 0 Å². The Balaban J connectivity index is 1.66. The number of rotatable bonds is 26. The van der Waals surface area contributed by atoms with Crippen LogP contribution in [0, 0.1) is 0 Å². The van der Waals surface area contributed by atoms with Gasteiger partial charge in [-0.25, -0.2) is 0 Å². The number of ether oxygens (including phenoxy) is 1. The maximum Gasteiger partial charge on any atom is 0.0841 e. The van der Waals surface area contributed by atoms with E-state index < -0.39 is 0 Å². The highest BCUT2D eigenvalue weighted by Crippen LogP contribution is 2.31. The van der Waals surface area contributed by atoms with Gasteiger partial charge in [-0.2, -0.15) is 0 Å². The van der Waals surface area contributed by atoms with Gasteiger partial charge in [0.15, 0.2) is 0 Å². The molecule has 1 heterocycles. The maximum absolute atomic E-state index is 5.88. The van der Waals surface area contributed by atoms with Gasteiger partial charge in [0.05, 0.1) is 12.2 Å². The second-order valence-electron chi connectivity index (χ2n) is 10.6. The van der Waals surface area contributed by atoms with Gasteiger partial charge in [-0.3, -0.25) is 0 Å². The zero-order valence-electron chi connectivity index (χ0n) is 21.9. The Morgan fingerprint density at radius 3 is 0.806 bits per heavy atom. The van der Waals surface area contributed by atoms with Crippen LogP contribution in [0.1, 0.15) is 181 Å². The molecule has 2 unspecified atom stereocenters. The summed E-state index contributed by atoms with van der Waals surface area (Å²) in [4.78, 5) is 0. The van der Waals surface area contributed by atoms with E-state index in [1.807, 2.05) is 0 Å². The van der Waals surface area contributed by atoms with Crippen LogP contribution < -0.4 is 0 Å². The topological polar surface area (TPSA) is 12.5 Å². The van der Waals surface area contributed by atoms with E-state index in [9.17, 15) is 0 Å². The number of hydrogen-bond acceptors (Lipinski definition) is 1. The SMILES string of the molecule is CCCCCCCCCCCCCCCCCCCCC1OC1CCCCCCCC. The summed E-state index contributed by atoms with van der Waals surface area (Å²) in [5.74, 6) is 0. The van der Waals surface area contributed by atoms with E-state index in [1.54, 1.807) is 0 Å². The van der Waals surface area contributed by atoms with Crippen LogP contribution in [0.4, 0.5) is 0 Å². The van der Waals surface area contributed by atoms with Gasteiger partial charge in [-0.05, 0) is 12.8 Å². The standard InChI is InChI=1S/C30H60O/c1-3-5-7-9-11-12-13-14-15-16-17-18-19-20-21-22-24-26-28-30-29(31-30)27-25-23-10-8-6-4-2/h29-30H,3-28H2,1-2H3. The highest BCUT2D eigenvalue weighted by molar-refractivity contribution is 4.84. The largest absolute Gasteiger partial charge is 0.370 e. The molecule has 0 saturated carbocycles. The van der Waals surface area contributed by atoms with Crippen LogP contribution in [0.5, 0.6) is 0 Å². The summed E-state index contributed by atoms with van der Waals surface area (Å²) in [6.07, 6.45) is 38.7. The molecule has 0 aromatic heterocycles. The lowest BCUT2D eigenvalue weighted by molar-refractivity contribution is 0.347. The van der Waals surface area contributed by atoms with Crippen LogP contribution in [0.25, 0.3) is 0 Å². The maximum atomic E-state index is 5.88. The molecule has 1 nitrogen and oxygen atoms in total. The van der Waals surface area contributed by atoms with Gasteiger partial charge in [0.1, 0.15) is 0 Å². The summed E-state index contributed by atoms with van der Waals surface area (Å²) in [6, 6.07) is 0. The van der Waals surface area contributed by atoms with Crippen molar-refractivity contribution in [2.75, 3.05) is 0 Å². The van der Waals surface area contributed by atoms with E-state index in [0.29, 0.717) is 12.2 Å². The Bertz CT molecular complexity index is 339. The Morgan fingerprint density at radius 2 is 0.548 bits per heavy atom. The molecule has 0 aromatic carbocycles. The normalized spacial score (nSPS) is 18.0. The van der Waals surface area contributed by atoms with Crippen LogP contribution in [0.15, 0.2) is 0 Å². The molecule has 1 aliphatic heterocycles. The third kappa shape index (κ3) is 20.3. The van der Waals surface area contributed by atoms with Crippen molar-refractivity contribution in [2.45, 2.75) is 193 Å². The quantitative estimate of drug-likeness (QED) is 0.0969. The van der Waals surface area contributed by atoms with Crippen molar-refractivity contribution in [3.8, 4) is 0 Å². The third-order valence-corrected chi connectivity index (χ3v) is 7.37. The fourth-order valence-corrected chi connectivity index (χ4v) is 5.06. The fraction of sp³-hybridized carbons (Fsp3) is 1.00. The van der Waals surface area contributed by atoms with E-state index in [-0.39, 0.29) is 0 Å². The van der Waals surface area contributed by atoms with Crippen LogP contribution in [0.3, 0.4) is 0 Å². The Kier molecular flexibility index (Phi) is 21.6. The van der Waals surface area contributed by atoms with Gasteiger partial charge in [0.2, 0.25) is 0 Å². The minimum atomic E-state index is 0.636. The molecule has 0 aliphatic carbocycles. The zero-order valence-corrected chi connectivity index (χ0v) is 21.9. The lowest BCUT2D eigenvalue weighted by atomic mass is 10.0. The molecule has 1 aliphatic rings. The molecule has 1 saturated heterocycles. The molecule has 0 spiro atoms. The molecule has 1 fully saturated rings. The number of hydrogen-bond donors (Lipinski definition) is 0. The first-order valence-electron chi connectivity index (χ1n) is 15.0. The predicted molar refractivity (Wildman–Crippen MR) is 140 cm³/mol. The zero-order chi connectivity index (χ0) is 22.2. The minimum Gasteiger partial charge on any atom is -0.370 e. The second-order valence-corrected chi connectivity index (χ2v) is 10.6. The van der Waals surface area contributed by atoms with Crippen molar-refractivity contribution in [1.29, 1.82) is 0 Å². The Morgan fingerprint density at radius 1 is 0.323 bits per heavy atom. The molecule has 0 N–H and O–H groups in total. The summed E-state index contributed by atoms with van der Waals surface area (Å²) >= 11 is 0. The molecule has 2 atom stereocenters. The first kappa shape index (κ1) is 29.0. The molecular weight excluding hydrogens is 376 g/mol. The van der Waals surface area contributed by atoms with E-state index in [4.69, 9.17) is 4.74 Å². The van der Waals surface area contributed by atoms with E-state index in [0.717, 1.165) is 0 Å². The van der Waals surface area contributed by atoms with E-state index >= 15 is 0 Å². The average Bonchev–Trinajstić information content (AvgIpc) is 3.53. The fourth-order valence-electron chi connectivity index (χ4n) is 5.06. The summed E-state index contributed by atoms with van der Waals surface area (Å²) < 4.78 is 5.88. The highest BCUT2D eigenvalue weighted by atomic mass is 16.6. The predicted octanol–water partition coefficient (Wildman–Crippen LogP) is 10.9. The molecule has 0 amide bonds. The van der Waals surface area contributed by atoms with Gasteiger partial charge >= 0.3 is 0 Å². The van der Waals surface area contributed by atoms with E-state index in [1.165, 1.54) is 167 Å². The molecule has 0 aromatic rings. The third-order valence-electron chi connectivity index (χ3n) is 7.37. The highest BCUT2D eigenvalue weighted by Gasteiger charge is 2.36. The molecule has 1 heteroatoms. The second kappa shape index (κ2) is 23.1. The van der Waals surface area contributed by atoms with E-state index in [2.05, 4.69) is 13.8 Å². The molecule has 0 bridgehead atoms. The summed E-state index contributed by atoms with van der Waals surface area (Å²) in [6.45, 7) is 4.60. The Hall–Kier alpha value is -0.0400. The summed E-state index contributed by atoms with van der Waals surface area (Å²) in [7, 11) is 0. The Labute approximate surface area is 197 Å². The minimum absolute atomic E-state index is 0.636. The van der Waals surface area contributed by atoms with Gasteiger partial charge < -0.3 is 4.74 Å². The van der Waals surface area contributed by atoms with Crippen LogP contribution in [-0.2, 0) is 4.74 Å². The van der Waals surface area contributed by atoms with Crippen molar-refractivity contribution in [1.82, 2.24) is 0 Å². The summed E-state index contributed by atoms with van der Waals surface area (Å²) in [5, 5.41) is 0. The lowest BCUT2D eigenvalue weighted by Crippen LogP contribution is -1.94. The monoisotopic (exact) mass is 436 g/mol. The first-order chi connectivity index (χ1) is 15.4. The van der Waals surface area contributed by atoms with Gasteiger partial charge in [0.25, 0.3) is 0 Å². The first-order valence-corrected chi connectivity index (χ1v) is 15.0. The molecule has 186 valence electrons. The lowest BCUT2D eigenvalue weighted by Gasteiger charge is -2.04. The molecule has 31 heavy (non-hydrogen) atoms. The van der Waals surface area contributed by atoms with Gasteiger partial charge in [-0.15, -0.1) is 0 Å². The average molecular weight is 437 g/mol. The summed E-state index contributed by atoms with van der Waals surface area (Å²) in [5.41, 5.74) is 0. The number of epoxide rings is 1. The molecule has 0 radical (unpaired) electrons. The number of unbranched alkanes of at least 4 members (excludes halogenated alkanes) is 22. The van der Waals surface area contributed by atoms with Gasteiger partial charge in [-0.1, -0.05) is 168 Å². The van der Waals surface area contributed by atoms with Crippen molar-refractivity contribution >= 4 is 0 Å². The molecule has 1 rings (SSSR count). The van der Waals surface area contributed by atoms with Crippen LogP contribution in [0.2, 0.25) is 0 Å². The van der Waals surface area contributed by atoms with Crippen molar-refractivity contribution in [3.05, 3.63) is 0 Å². The van der Waals surface area contributed by atoms with Crippen LogP contribution in [-0.4, -0.2) is 12.2 Å². The van der Waals surface area contributed by atoms with Crippen molar-refractivity contribution < 1.29 is 4.74 Å². The smallest absolute Gasteiger partial charge is 0.0841 e. The van der Waals surface area contributed by atoms with Crippen LogP contribution >= 0.6 is 0 Å².